The lowest BCUT2D eigenvalue weighted by Crippen LogP contribution is -2.06. The number of nitrogens with zero attached hydrogens (tertiary/aromatic N) is 3. The van der Waals surface area contributed by atoms with Gasteiger partial charge in [0.05, 0.1) is 12.2 Å². The molecule has 3 aromatic heterocycles. The Morgan fingerprint density at radius 2 is 2.24 bits per heavy atom. The second-order valence-corrected chi connectivity index (χ2v) is 5.55. The Bertz CT molecular complexity index is 749. The molecule has 0 amide bonds. The minimum Gasteiger partial charge on any atom is -0.455 e. The van der Waals surface area contributed by atoms with Crippen LogP contribution in [-0.4, -0.2) is 26.9 Å². The number of methoxy groups -OCH3 is 1. The molecule has 1 aliphatic carbocycles. The minimum atomic E-state index is 0.468. The Hall–Kier alpha value is -2.08. The summed E-state index contributed by atoms with van der Waals surface area (Å²) in [6, 6.07) is 4.31. The van der Waals surface area contributed by atoms with Gasteiger partial charge in [0.25, 0.3) is 0 Å². The van der Waals surface area contributed by atoms with E-state index in [1.165, 1.54) is 25.7 Å². The molecule has 4 rings (SSSR count). The van der Waals surface area contributed by atoms with Gasteiger partial charge in [-0.15, -0.1) is 0 Å². The van der Waals surface area contributed by atoms with Crippen molar-refractivity contribution in [2.75, 3.05) is 7.11 Å². The zero-order valence-corrected chi connectivity index (χ0v) is 12.0. The lowest BCUT2D eigenvalue weighted by atomic mass is 10.2. The number of imidazole rings is 1. The molecular formula is C15H18N4O2. The highest BCUT2D eigenvalue weighted by Crippen LogP contribution is 2.32. The van der Waals surface area contributed by atoms with Gasteiger partial charge in [-0.05, 0) is 25.0 Å². The maximum absolute atomic E-state index is 5.73. The molecule has 0 unspecified atom stereocenters. The lowest BCUT2D eigenvalue weighted by molar-refractivity contribution is 0.165. The molecule has 6 heteroatoms. The molecule has 3 heterocycles. The predicted molar refractivity (Wildman–Crippen MR) is 77.8 cm³/mol. The van der Waals surface area contributed by atoms with Crippen LogP contribution in [0.25, 0.3) is 22.7 Å². The zero-order valence-electron chi connectivity index (χ0n) is 12.0. The Morgan fingerprint density at radius 1 is 1.38 bits per heavy atom. The summed E-state index contributed by atoms with van der Waals surface area (Å²) in [5, 5.41) is 4.48. The molecule has 3 aromatic rings. The monoisotopic (exact) mass is 286 g/mol. The average molecular weight is 286 g/mol. The fourth-order valence-corrected chi connectivity index (χ4v) is 3.07. The third-order valence-corrected chi connectivity index (χ3v) is 4.09. The van der Waals surface area contributed by atoms with E-state index in [0.717, 1.165) is 28.5 Å². The van der Waals surface area contributed by atoms with Crippen molar-refractivity contribution in [3.05, 3.63) is 24.1 Å². The predicted octanol–water partition coefficient (Wildman–Crippen LogP) is 3.28. The van der Waals surface area contributed by atoms with Gasteiger partial charge in [-0.1, -0.05) is 12.8 Å². The number of aromatic amines is 1. The first-order valence-electron chi connectivity index (χ1n) is 7.36. The van der Waals surface area contributed by atoms with Gasteiger partial charge < -0.3 is 14.1 Å². The van der Waals surface area contributed by atoms with Gasteiger partial charge in [0, 0.05) is 7.11 Å². The summed E-state index contributed by atoms with van der Waals surface area (Å²) in [4.78, 5) is 7.95. The normalized spacial score (nSPS) is 16.2. The molecule has 0 bridgehead atoms. The van der Waals surface area contributed by atoms with Crippen LogP contribution in [0.15, 0.2) is 22.7 Å². The number of hydrogen-bond donors (Lipinski definition) is 1. The average Bonchev–Trinajstić information content (AvgIpc) is 3.22. The number of rotatable bonds is 4. The summed E-state index contributed by atoms with van der Waals surface area (Å²) < 4.78 is 12.9. The molecule has 110 valence electrons. The van der Waals surface area contributed by atoms with Gasteiger partial charge in [-0.3, -0.25) is 0 Å². The highest BCUT2D eigenvalue weighted by Gasteiger charge is 2.21. The van der Waals surface area contributed by atoms with Gasteiger partial charge in [-0.25, -0.2) is 9.67 Å². The van der Waals surface area contributed by atoms with Gasteiger partial charge in [0.15, 0.2) is 17.2 Å². The molecule has 0 spiro atoms. The second-order valence-electron chi connectivity index (χ2n) is 5.55. The van der Waals surface area contributed by atoms with Crippen molar-refractivity contribution in [1.29, 1.82) is 0 Å². The van der Waals surface area contributed by atoms with E-state index in [-0.39, 0.29) is 0 Å². The number of ether oxygens (including phenoxy) is 1. The number of aromatic nitrogens is 4. The van der Waals surface area contributed by atoms with E-state index in [2.05, 4.69) is 19.7 Å². The van der Waals surface area contributed by atoms with Gasteiger partial charge in [0.2, 0.25) is 0 Å². The van der Waals surface area contributed by atoms with E-state index < -0.39 is 0 Å². The number of hydrogen-bond acceptors (Lipinski definition) is 4. The van der Waals surface area contributed by atoms with Crippen LogP contribution in [0.3, 0.4) is 0 Å². The second kappa shape index (κ2) is 5.04. The van der Waals surface area contributed by atoms with Crippen molar-refractivity contribution < 1.29 is 9.15 Å². The quantitative estimate of drug-likeness (QED) is 0.799. The number of fused-ring (bicyclic) bond motifs is 1. The SMILES string of the molecule is COCc1ccc(-c2nc3c(cnn3C3CCCC3)[nH]2)o1. The van der Waals surface area contributed by atoms with Crippen LogP contribution in [0, 0.1) is 0 Å². The lowest BCUT2D eigenvalue weighted by Gasteiger charge is -2.08. The van der Waals surface area contributed by atoms with E-state index in [1.54, 1.807) is 7.11 Å². The van der Waals surface area contributed by atoms with Crippen molar-refractivity contribution in [3.63, 3.8) is 0 Å². The van der Waals surface area contributed by atoms with E-state index in [1.807, 2.05) is 18.3 Å². The number of nitrogens with one attached hydrogen (secondary N) is 1. The maximum atomic E-state index is 5.73. The van der Waals surface area contributed by atoms with E-state index in [9.17, 15) is 0 Å². The Labute approximate surface area is 122 Å². The third-order valence-electron chi connectivity index (χ3n) is 4.09. The molecule has 21 heavy (non-hydrogen) atoms. The van der Waals surface area contributed by atoms with E-state index in [4.69, 9.17) is 9.15 Å². The zero-order chi connectivity index (χ0) is 14.2. The van der Waals surface area contributed by atoms with Gasteiger partial charge >= 0.3 is 0 Å². The maximum Gasteiger partial charge on any atom is 0.177 e. The summed E-state index contributed by atoms with van der Waals surface area (Å²) in [5.41, 5.74) is 1.88. The summed E-state index contributed by atoms with van der Waals surface area (Å²) in [6.07, 6.45) is 6.79. The Balaban J connectivity index is 1.69. The van der Waals surface area contributed by atoms with Crippen LogP contribution >= 0.6 is 0 Å². The van der Waals surface area contributed by atoms with Crippen LogP contribution in [0.2, 0.25) is 0 Å². The molecule has 1 aliphatic rings. The van der Waals surface area contributed by atoms with Gasteiger partial charge in [0.1, 0.15) is 17.9 Å². The van der Waals surface area contributed by atoms with Crippen LogP contribution in [0.1, 0.15) is 37.5 Å². The first-order valence-corrected chi connectivity index (χ1v) is 7.36. The van der Waals surface area contributed by atoms with Crippen LogP contribution in [0.4, 0.5) is 0 Å². The molecule has 0 radical (unpaired) electrons. The molecule has 1 saturated carbocycles. The molecule has 0 aliphatic heterocycles. The van der Waals surface area contributed by atoms with Crippen molar-refractivity contribution in [1.82, 2.24) is 19.7 Å². The summed E-state index contributed by atoms with van der Waals surface area (Å²) >= 11 is 0. The summed E-state index contributed by atoms with van der Waals surface area (Å²) in [7, 11) is 1.65. The van der Waals surface area contributed by atoms with Gasteiger partial charge in [-0.2, -0.15) is 5.10 Å². The molecular weight excluding hydrogens is 268 g/mol. The molecule has 6 nitrogen and oxygen atoms in total. The molecule has 1 fully saturated rings. The third kappa shape index (κ3) is 2.15. The van der Waals surface area contributed by atoms with Crippen LogP contribution in [-0.2, 0) is 11.3 Å². The van der Waals surface area contributed by atoms with Crippen molar-refractivity contribution in [3.8, 4) is 11.6 Å². The van der Waals surface area contributed by atoms with Crippen molar-refractivity contribution >= 4 is 11.2 Å². The Kier molecular flexibility index (Phi) is 3.03. The van der Waals surface area contributed by atoms with Crippen LogP contribution < -0.4 is 0 Å². The number of H-pyrrole nitrogens is 1. The topological polar surface area (TPSA) is 68.9 Å². The summed E-state index contributed by atoms with van der Waals surface area (Å²) in [6.45, 7) is 0.468. The first kappa shape index (κ1) is 12.6. The van der Waals surface area contributed by atoms with Crippen molar-refractivity contribution in [2.24, 2.45) is 0 Å². The Morgan fingerprint density at radius 3 is 3.05 bits per heavy atom. The highest BCUT2D eigenvalue weighted by molar-refractivity contribution is 5.74. The fourth-order valence-electron chi connectivity index (χ4n) is 3.07. The first-order chi connectivity index (χ1) is 10.3. The highest BCUT2D eigenvalue weighted by atomic mass is 16.5. The standard InChI is InChI=1S/C15H18N4O2/c1-20-9-11-6-7-13(21-11)14-17-12-8-16-19(15(12)18-14)10-4-2-3-5-10/h6-8,10H,2-5,9H2,1H3,(H,17,18). The number of furan rings is 1. The van der Waals surface area contributed by atoms with Crippen molar-refractivity contribution in [2.45, 2.75) is 38.3 Å². The van der Waals surface area contributed by atoms with Crippen LogP contribution in [0.5, 0.6) is 0 Å². The molecule has 1 N–H and O–H groups in total. The fraction of sp³-hybridized carbons (Fsp3) is 0.467. The van der Waals surface area contributed by atoms with E-state index in [0.29, 0.717) is 12.6 Å². The minimum absolute atomic E-state index is 0.468. The smallest absolute Gasteiger partial charge is 0.177 e. The van der Waals surface area contributed by atoms with E-state index >= 15 is 0 Å². The summed E-state index contributed by atoms with van der Waals surface area (Å²) in [5.74, 6) is 2.28. The molecule has 0 saturated heterocycles. The molecule has 0 atom stereocenters. The largest absolute Gasteiger partial charge is 0.455 e. The molecule has 0 aromatic carbocycles.